The van der Waals surface area contributed by atoms with Gasteiger partial charge >= 0.3 is 6.18 Å². The molecule has 0 radical (unpaired) electrons. The number of halogens is 3. The summed E-state index contributed by atoms with van der Waals surface area (Å²) in [6, 6.07) is 113. The molecular weight excluding hydrogens is 1440 g/mol. The Balaban J connectivity index is 0.863. The molecule has 18 heteroatoms. The average molecular weight is 1500 g/mol. The highest BCUT2D eigenvalue weighted by atomic mass is 19.4. The molecule has 0 atom stereocenters. The van der Waals surface area contributed by atoms with E-state index in [2.05, 4.69) is 6.07 Å². The van der Waals surface area contributed by atoms with Gasteiger partial charge < -0.3 is 9.13 Å². The third-order valence-electron chi connectivity index (χ3n) is 20.6. The molecule has 0 unspecified atom stereocenters. The van der Waals surface area contributed by atoms with Crippen LogP contribution in [0.25, 0.3) is 203 Å². The van der Waals surface area contributed by atoms with Crippen molar-refractivity contribution in [2.24, 2.45) is 0 Å². The molecule has 15 nitrogen and oxygen atoms in total. The van der Waals surface area contributed by atoms with E-state index in [0.29, 0.717) is 153 Å². The third kappa shape index (κ3) is 13.0. The molecule has 0 amide bonds. The molecule has 0 aliphatic rings. The molecule has 20 aromatic rings. The zero-order chi connectivity index (χ0) is 77.8. The molecule has 20 rings (SSSR count). The van der Waals surface area contributed by atoms with Gasteiger partial charge in [-0.2, -0.15) is 18.4 Å². The quantitative estimate of drug-likeness (QED) is 0.0944. The summed E-state index contributed by atoms with van der Waals surface area (Å²) in [6.07, 6.45) is -4.71. The van der Waals surface area contributed by atoms with Crippen LogP contribution in [0, 0.1) is 11.3 Å². The second-order valence-electron chi connectivity index (χ2n) is 27.8. The fourth-order valence-electron chi connectivity index (χ4n) is 15.0. The summed E-state index contributed by atoms with van der Waals surface area (Å²) < 4.78 is 49.9. The van der Waals surface area contributed by atoms with E-state index >= 15 is 13.2 Å². The molecule has 0 spiro atoms. The number of hydrogen-bond acceptors (Lipinski definition) is 13. The van der Waals surface area contributed by atoms with Crippen LogP contribution >= 0.6 is 0 Å². The van der Waals surface area contributed by atoms with Crippen molar-refractivity contribution in [3.8, 4) is 165 Å². The monoisotopic (exact) mass is 1500 g/mol. The van der Waals surface area contributed by atoms with Crippen LogP contribution in [0.2, 0.25) is 0 Å². The second-order valence-corrected chi connectivity index (χ2v) is 27.8. The largest absolute Gasteiger partial charge is 0.416 e. The van der Waals surface area contributed by atoms with E-state index in [1.165, 1.54) is 6.07 Å². The van der Waals surface area contributed by atoms with Crippen molar-refractivity contribution in [1.29, 1.82) is 5.26 Å². The number of nitriles is 1. The Morgan fingerprint density at radius 1 is 0.207 bits per heavy atom. The van der Waals surface area contributed by atoms with E-state index in [9.17, 15) is 5.26 Å². The van der Waals surface area contributed by atoms with Gasteiger partial charge in [-0.15, -0.1) is 0 Å². The summed E-state index contributed by atoms with van der Waals surface area (Å²) in [5.41, 5.74) is 12.1. The lowest BCUT2D eigenvalue weighted by molar-refractivity contribution is -0.137. The van der Waals surface area contributed by atoms with Gasteiger partial charge in [0.25, 0.3) is 0 Å². The molecule has 0 N–H and O–H groups in total. The first-order valence-electron chi connectivity index (χ1n) is 37.5. The van der Waals surface area contributed by atoms with Gasteiger partial charge in [0.1, 0.15) is 11.6 Å². The normalized spacial score (nSPS) is 11.6. The maximum absolute atomic E-state index is 15.3. The van der Waals surface area contributed by atoms with E-state index < -0.39 is 11.7 Å². The van der Waals surface area contributed by atoms with E-state index in [4.69, 9.17) is 59.8 Å². The van der Waals surface area contributed by atoms with Gasteiger partial charge in [-0.3, -0.25) is 0 Å². The van der Waals surface area contributed by atoms with E-state index in [-0.39, 0.29) is 11.1 Å². The Bertz CT molecular complexity index is 6240. The van der Waals surface area contributed by atoms with E-state index in [0.717, 1.165) is 56.6 Å². The molecular formula is C98H58F3N15. The fraction of sp³-hybridized carbons (Fsp3) is 0.0102. The van der Waals surface area contributed by atoms with Crippen molar-refractivity contribution in [2.45, 2.75) is 6.18 Å². The van der Waals surface area contributed by atoms with E-state index in [1.54, 1.807) is 6.07 Å². The van der Waals surface area contributed by atoms with Gasteiger partial charge in [-0.25, -0.2) is 59.8 Å². The number of fused-ring (bicyclic) bond motifs is 6. The standard InChI is InChI=1S/C98H58F3N15/c99-98(100,101)74-43-25-42-68(52-74)73-57-84(115-80-48-44-69(94-107-86(60-26-9-1-10-27-60)103-87(108-94)61-28-11-2-12-29-61)53-75(80)76-54-70(45-49-81(76)115)95-109-88(62-30-13-3-14-31-62)104-89(110-95)63-32-15-4-16-33-63)79(59-102)85(58-73)116-82-50-46-71(96-111-90(64-34-17-5-18-35-64)105-91(112-96)65-36-19-6-20-37-65)55-77(82)78-56-72(47-51-83(78)116)97-113-92(66-38-21-7-22-39-66)106-93(114-97)67-40-23-8-24-41-67/h1-58H. The number of benzene rings is 14. The molecule has 0 saturated carbocycles. The van der Waals surface area contributed by atoms with Gasteiger partial charge in [0, 0.05) is 88.3 Å². The first-order chi connectivity index (χ1) is 57.0. The van der Waals surface area contributed by atoms with Crippen LogP contribution in [0.15, 0.2) is 352 Å². The van der Waals surface area contributed by atoms with Crippen LogP contribution < -0.4 is 0 Å². The SMILES string of the molecule is N#Cc1c(-n2c3ccc(-c4nc(-c5ccccc5)nc(-c5ccccc5)n4)cc3c3cc(-c4nc(-c5ccccc5)nc(-c5ccccc5)n4)ccc32)cc(-c2cccc(C(F)(F)F)c2)cc1-n1c2ccc(-c3nc(-c4ccccc4)nc(-c4ccccc4)n3)cc2c2cc(-c3nc(-c4ccccc4)nc(-c4ccccc4)n3)ccc21. The van der Waals surface area contributed by atoms with Gasteiger partial charge in [-0.05, 0) is 108 Å². The molecule has 6 heterocycles. The Kier molecular flexibility index (Phi) is 17.3. The van der Waals surface area contributed by atoms with Gasteiger partial charge in [0.2, 0.25) is 0 Å². The first-order valence-corrected chi connectivity index (χ1v) is 37.5. The molecule has 0 fully saturated rings. The number of rotatable bonds is 15. The van der Waals surface area contributed by atoms with Crippen molar-refractivity contribution in [3.05, 3.63) is 363 Å². The highest BCUT2D eigenvalue weighted by molar-refractivity contribution is 6.14. The van der Waals surface area contributed by atoms with Crippen LogP contribution in [0.4, 0.5) is 13.2 Å². The number of nitrogens with zero attached hydrogens (tertiary/aromatic N) is 15. The molecule has 546 valence electrons. The molecule has 0 saturated heterocycles. The topological polar surface area (TPSA) is 188 Å². The zero-order valence-electron chi connectivity index (χ0n) is 61.3. The summed E-state index contributed by atoms with van der Waals surface area (Å²) in [7, 11) is 0. The van der Waals surface area contributed by atoms with Crippen LogP contribution in [0.5, 0.6) is 0 Å². The minimum atomic E-state index is -4.71. The summed E-state index contributed by atoms with van der Waals surface area (Å²) in [6.45, 7) is 0. The van der Waals surface area contributed by atoms with Crippen LogP contribution in [0.3, 0.4) is 0 Å². The Labute approximate surface area is 661 Å². The van der Waals surface area contributed by atoms with Crippen molar-refractivity contribution in [2.75, 3.05) is 0 Å². The average Bonchev–Trinajstić information content (AvgIpc) is 1.57. The Morgan fingerprint density at radius 3 is 0.621 bits per heavy atom. The number of hydrogen-bond donors (Lipinski definition) is 0. The summed E-state index contributed by atoms with van der Waals surface area (Å²) in [4.78, 5) is 61.6. The van der Waals surface area contributed by atoms with Gasteiger partial charge in [0.15, 0.2) is 69.9 Å². The Hall–Kier alpha value is -16.0. The minimum absolute atomic E-state index is 0.185. The smallest absolute Gasteiger partial charge is 0.308 e. The molecule has 6 aromatic heterocycles. The predicted molar refractivity (Wildman–Crippen MR) is 449 cm³/mol. The van der Waals surface area contributed by atoms with Crippen LogP contribution in [0.1, 0.15) is 11.1 Å². The number of alkyl halides is 3. The highest BCUT2D eigenvalue weighted by Crippen LogP contribution is 2.45. The lowest BCUT2D eigenvalue weighted by Gasteiger charge is -2.19. The second kappa shape index (κ2) is 29.0. The lowest BCUT2D eigenvalue weighted by Crippen LogP contribution is -2.06. The van der Waals surface area contributed by atoms with Crippen molar-refractivity contribution >= 4 is 43.6 Å². The molecule has 14 aromatic carbocycles. The molecule has 0 bridgehead atoms. The minimum Gasteiger partial charge on any atom is -0.308 e. The fourth-order valence-corrected chi connectivity index (χ4v) is 15.0. The predicted octanol–water partition coefficient (Wildman–Crippen LogP) is 23.2. The molecule has 116 heavy (non-hydrogen) atoms. The summed E-state index contributed by atoms with van der Waals surface area (Å²) >= 11 is 0. The lowest BCUT2D eigenvalue weighted by atomic mass is 9.98. The maximum atomic E-state index is 15.3. The van der Waals surface area contributed by atoms with Gasteiger partial charge in [0.05, 0.1) is 39.0 Å². The maximum Gasteiger partial charge on any atom is 0.416 e. The summed E-state index contributed by atoms with van der Waals surface area (Å²) in [5.74, 6) is 5.30. The molecule has 0 aliphatic heterocycles. The van der Waals surface area contributed by atoms with Crippen molar-refractivity contribution in [1.82, 2.24) is 68.9 Å². The number of aromatic nitrogens is 14. The van der Waals surface area contributed by atoms with Crippen LogP contribution in [-0.4, -0.2) is 68.9 Å². The third-order valence-corrected chi connectivity index (χ3v) is 20.6. The Morgan fingerprint density at radius 2 is 0.414 bits per heavy atom. The zero-order valence-corrected chi connectivity index (χ0v) is 61.3. The first kappa shape index (κ1) is 69.2. The molecule has 0 aliphatic carbocycles. The van der Waals surface area contributed by atoms with Crippen molar-refractivity contribution < 1.29 is 13.2 Å². The van der Waals surface area contributed by atoms with Crippen LogP contribution in [-0.2, 0) is 6.18 Å². The van der Waals surface area contributed by atoms with Crippen molar-refractivity contribution in [3.63, 3.8) is 0 Å². The van der Waals surface area contributed by atoms with Gasteiger partial charge in [-0.1, -0.05) is 255 Å². The summed E-state index contributed by atoms with van der Waals surface area (Å²) in [5, 5.41) is 15.4. The highest BCUT2D eigenvalue weighted by Gasteiger charge is 2.32. The van der Waals surface area contributed by atoms with E-state index in [1.807, 2.05) is 337 Å².